The van der Waals surface area contributed by atoms with Crippen molar-refractivity contribution in [3.63, 3.8) is 0 Å². The van der Waals surface area contributed by atoms with Gasteiger partial charge in [0, 0.05) is 23.9 Å². The van der Waals surface area contributed by atoms with Crippen molar-refractivity contribution < 1.29 is 17.6 Å². The first-order valence-corrected chi connectivity index (χ1v) is 8.51. The van der Waals surface area contributed by atoms with E-state index in [4.69, 9.17) is 0 Å². The number of hydrogen-bond donors (Lipinski definition) is 1. The van der Waals surface area contributed by atoms with Gasteiger partial charge in [0.2, 0.25) is 0 Å². The molecule has 0 spiro atoms. The van der Waals surface area contributed by atoms with Crippen LogP contribution >= 0.6 is 0 Å². The average Bonchev–Trinajstić information content (AvgIpc) is 2.60. The lowest BCUT2D eigenvalue weighted by molar-refractivity contribution is -0.137. The Morgan fingerprint density at radius 2 is 1.80 bits per heavy atom. The SMILES string of the molecule is Fc1cccc(C(F)(F)F)c1-c1ccc(NCC2CCCCC2)nc1. The highest BCUT2D eigenvalue weighted by atomic mass is 19.4. The minimum absolute atomic E-state index is 0.119. The second-order valence-corrected chi connectivity index (χ2v) is 6.48. The molecule has 1 saturated carbocycles. The van der Waals surface area contributed by atoms with Gasteiger partial charge in [-0.3, -0.25) is 0 Å². The van der Waals surface area contributed by atoms with Gasteiger partial charge in [-0.05, 0) is 43.0 Å². The summed E-state index contributed by atoms with van der Waals surface area (Å²) in [6.45, 7) is 0.805. The number of benzene rings is 1. The molecule has 1 fully saturated rings. The molecule has 1 aromatic heterocycles. The highest BCUT2D eigenvalue weighted by molar-refractivity contribution is 5.69. The summed E-state index contributed by atoms with van der Waals surface area (Å²) in [6.07, 6.45) is 2.82. The van der Waals surface area contributed by atoms with Gasteiger partial charge in [0.05, 0.1) is 5.56 Å². The molecule has 0 bridgehead atoms. The Bertz CT molecular complexity index is 704. The van der Waals surface area contributed by atoms with E-state index in [0.29, 0.717) is 11.7 Å². The Morgan fingerprint density at radius 3 is 2.44 bits per heavy atom. The predicted octanol–water partition coefficient (Wildman–Crippen LogP) is 5.90. The van der Waals surface area contributed by atoms with Gasteiger partial charge in [-0.25, -0.2) is 9.37 Å². The molecule has 2 nitrogen and oxygen atoms in total. The van der Waals surface area contributed by atoms with E-state index in [9.17, 15) is 17.6 Å². The number of anilines is 1. The van der Waals surface area contributed by atoms with Crippen LogP contribution in [0.4, 0.5) is 23.4 Å². The zero-order valence-corrected chi connectivity index (χ0v) is 13.7. The van der Waals surface area contributed by atoms with Crippen molar-refractivity contribution >= 4 is 5.82 Å². The maximum atomic E-state index is 14.0. The lowest BCUT2D eigenvalue weighted by atomic mass is 9.89. The fraction of sp³-hybridized carbons (Fsp3) is 0.421. The summed E-state index contributed by atoms with van der Waals surface area (Å²) >= 11 is 0. The van der Waals surface area contributed by atoms with E-state index in [1.165, 1.54) is 44.4 Å². The normalized spacial score (nSPS) is 16.0. The number of hydrogen-bond acceptors (Lipinski definition) is 2. The van der Waals surface area contributed by atoms with Crippen molar-refractivity contribution in [1.82, 2.24) is 4.98 Å². The Hall–Kier alpha value is -2.11. The molecular weight excluding hydrogens is 332 g/mol. The predicted molar refractivity (Wildman–Crippen MR) is 89.7 cm³/mol. The van der Waals surface area contributed by atoms with E-state index < -0.39 is 23.1 Å². The van der Waals surface area contributed by atoms with E-state index in [1.807, 2.05) is 0 Å². The monoisotopic (exact) mass is 352 g/mol. The van der Waals surface area contributed by atoms with E-state index in [0.717, 1.165) is 24.7 Å². The molecule has 1 aromatic carbocycles. The molecule has 134 valence electrons. The lowest BCUT2D eigenvalue weighted by Gasteiger charge is -2.22. The van der Waals surface area contributed by atoms with E-state index >= 15 is 0 Å². The van der Waals surface area contributed by atoms with E-state index in [1.54, 1.807) is 6.07 Å². The number of pyridine rings is 1. The summed E-state index contributed by atoms with van der Waals surface area (Å²) < 4.78 is 53.4. The van der Waals surface area contributed by atoms with Crippen LogP contribution in [-0.2, 0) is 6.18 Å². The number of alkyl halides is 3. The number of halogens is 4. The molecule has 1 aliphatic rings. The Labute approximate surface area is 144 Å². The molecule has 0 atom stereocenters. The van der Waals surface area contributed by atoms with Gasteiger partial charge in [-0.15, -0.1) is 0 Å². The second-order valence-electron chi connectivity index (χ2n) is 6.48. The Morgan fingerprint density at radius 1 is 1.04 bits per heavy atom. The third-order valence-corrected chi connectivity index (χ3v) is 4.67. The van der Waals surface area contributed by atoms with Crippen LogP contribution in [0.15, 0.2) is 36.5 Å². The van der Waals surface area contributed by atoms with Crippen molar-refractivity contribution in [3.05, 3.63) is 47.9 Å². The van der Waals surface area contributed by atoms with Gasteiger partial charge in [0.25, 0.3) is 0 Å². The molecule has 6 heteroatoms. The molecule has 0 unspecified atom stereocenters. The van der Waals surface area contributed by atoms with Crippen LogP contribution in [0.3, 0.4) is 0 Å². The van der Waals surface area contributed by atoms with Crippen LogP contribution in [0.1, 0.15) is 37.7 Å². The summed E-state index contributed by atoms with van der Waals surface area (Å²) in [5.74, 6) is 0.303. The maximum Gasteiger partial charge on any atom is 0.417 e. The van der Waals surface area contributed by atoms with E-state index in [-0.39, 0.29) is 5.56 Å². The summed E-state index contributed by atoms with van der Waals surface area (Å²) in [6, 6.07) is 6.05. The van der Waals surface area contributed by atoms with Crippen molar-refractivity contribution in [3.8, 4) is 11.1 Å². The van der Waals surface area contributed by atoms with Gasteiger partial charge in [0.15, 0.2) is 0 Å². The Kier molecular flexibility index (Phi) is 5.25. The van der Waals surface area contributed by atoms with Crippen LogP contribution in [0, 0.1) is 11.7 Å². The van der Waals surface area contributed by atoms with Crippen molar-refractivity contribution in [2.24, 2.45) is 5.92 Å². The highest BCUT2D eigenvalue weighted by Gasteiger charge is 2.35. The van der Waals surface area contributed by atoms with Gasteiger partial charge >= 0.3 is 6.18 Å². The summed E-state index contributed by atoms with van der Waals surface area (Å²) in [5, 5.41) is 3.23. The van der Waals surface area contributed by atoms with Crippen molar-refractivity contribution in [1.29, 1.82) is 0 Å². The van der Waals surface area contributed by atoms with Gasteiger partial charge in [-0.2, -0.15) is 13.2 Å². The molecule has 1 N–H and O–H groups in total. The summed E-state index contributed by atoms with van der Waals surface area (Å²) in [7, 11) is 0. The van der Waals surface area contributed by atoms with Gasteiger partial charge in [0.1, 0.15) is 11.6 Å². The topological polar surface area (TPSA) is 24.9 Å². The summed E-state index contributed by atoms with van der Waals surface area (Å²) in [5.41, 5.74) is -1.33. The molecule has 2 aromatic rings. The van der Waals surface area contributed by atoms with Crippen LogP contribution in [0.5, 0.6) is 0 Å². The number of nitrogens with one attached hydrogen (secondary N) is 1. The van der Waals surface area contributed by atoms with Crippen LogP contribution in [0.25, 0.3) is 11.1 Å². The molecule has 0 saturated heterocycles. The van der Waals surface area contributed by atoms with Crippen LogP contribution < -0.4 is 5.32 Å². The molecule has 0 amide bonds. The zero-order valence-electron chi connectivity index (χ0n) is 13.7. The molecule has 1 aliphatic carbocycles. The lowest BCUT2D eigenvalue weighted by Crippen LogP contribution is -2.17. The minimum atomic E-state index is -4.62. The molecule has 3 rings (SSSR count). The standard InChI is InChI=1S/C19H20F4N2/c20-16-8-4-7-15(19(21,22)23)18(16)14-9-10-17(25-12-14)24-11-13-5-2-1-3-6-13/h4,7-10,12-13H,1-3,5-6,11H2,(H,24,25). The Balaban J connectivity index is 1.76. The van der Waals surface area contributed by atoms with Gasteiger partial charge < -0.3 is 5.32 Å². The number of rotatable bonds is 4. The third-order valence-electron chi connectivity index (χ3n) is 4.67. The molecule has 0 aliphatic heterocycles. The van der Waals surface area contributed by atoms with Crippen LogP contribution in [0.2, 0.25) is 0 Å². The maximum absolute atomic E-state index is 14.0. The highest BCUT2D eigenvalue weighted by Crippen LogP contribution is 2.38. The quantitative estimate of drug-likeness (QED) is 0.693. The fourth-order valence-corrected chi connectivity index (χ4v) is 3.34. The zero-order chi connectivity index (χ0) is 17.9. The third kappa shape index (κ3) is 4.30. The molecule has 1 heterocycles. The van der Waals surface area contributed by atoms with Gasteiger partial charge in [-0.1, -0.05) is 25.3 Å². The molecular formula is C19H20F4N2. The number of aromatic nitrogens is 1. The smallest absolute Gasteiger partial charge is 0.370 e. The average molecular weight is 352 g/mol. The van der Waals surface area contributed by atoms with Crippen molar-refractivity contribution in [2.75, 3.05) is 11.9 Å². The largest absolute Gasteiger partial charge is 0.417 e. The first kappa shape index (κ1) is 17.7. The van der Waals surface area contributed by atoms with E-state index in [2.05, 4.69) is 10.3 Å². The van der Waals surface area contributed by atoms with Crippen LogP contribution in [-0.4, -0.2) is 11.5 Å². The summed E-state index contributed by atoms with van der Waals surface area (Å²) in [4.78, 5) is 4.16. The molecule has 0 radical (unpaired) electrons. The molecule has 25 heavy (non-hydrogen) atoms. The second kappa shape index (κ2) is 7.42. The first-order chi connectivity index (χ1) is 11.9. The van der Waals surface area contributed by atoms with Crippen molar-refractivity contribution in [2.45, 2.75) is 38.3 Å². The number of nitrogens with zero attached hydrogens (tertiary/aromatic N) is 1. The minimum Gasteiger partial charge on any atom is -0.370 e. The first-order valence-electron chi connectivity index (χ1n) is 8.51. The fourth-order valence-electron chi connectivity index (χ4n) is 3.34.